The quantitative estimate of drug-likeness (QED) is 0.753. The summed E-state index contributed by atoms with van der Waals surface area (Å²) in [5.41, 5.74) is 3.71. The minimum Gasteiger partial charge on any atom is -0.480 e. The Bertz CT molecular complexity index is 817. The van der Waals surface area contributed by atoms with E-state index in [0.29, 0.717) is 17.7 Å². The van der Waals surface area contributed by atoms with Gasteiger partial charge in [0.2, 0.25) is 5.88 Å². The van der Waals surface area contributed by atoms with E-state index in [-0.39, 0.29) is 6.01 Å². The van der Waals surface area contributed by atoms with Crippen LogP contribution in [0.3, 0.4) is 0 Å². The smallest absolute Gasteiger partial charge is 0.319 e. The van der Waals surface area contributed by atoms with E-state index in [1.54, 1.807) is 13.3 Å². The molecule has 0 spiro atoms. The molecule has 0 radical (unpaired) electrons. The van der Waals surface area contributed by atoms with Gasteiger partial charge in [0.05, 0.1) is 25.5 Å². The average molecular weight is 338 g/mol. The Hall–Kier alpha value is -2.50. The molecule has 2 fully saturated rings. The van der Waals surface area contributed by atoms with E-state index in [2.05, 4.69) is 38.4 Å². The van der Waals surface area contributed by atoms with Gasteiger partial charge in [-0.25, -0.2) is 4.98 Å². The number of rotatable bonds is 6. The summed E-state index contributed by atoms with van der Waals surface area (Å²) in [4.78, 5) is 8.41. The molecule has 2 heterocycles. The Labute approximate surface area is 147 Å². The number of hydrogen-bond donors (Lipinski definition) is 0. The molecule has 2 atom stereocenters. The third kappa shape index (κ3) is 3.34. The van der Waals surface area contributed by atoms with Crippen molar-refractivity contribution in [2.24, 2.45) is 11.8 Å². The van der Waals surface area contributed by atoms with Crippen molar-refractivity contribution < 1.29 is 9.47 Å². The van der Waals surface area contributed by atoms with Gasteiger partial charge in [0.1, 0.15) is 5.69 Å². The van der Waals surface area contributed by atoms with Gasteiger partial charge in [0.25, 0.3) is 0 Å². The van der Waals surface area contributed by atoms with Crippen LogP contribution >= 0.6 is 0 Å². The molecule has 25 heavy (non-hydrogen) atoms. The second kappa shape index (κ2) is 6.43. The number of methoxy groups -OCH3 is 2. The minimum atomic E-state index is 0.272. The zero-order valence-electron chi connectivity index (χ0n) is 14.8. The Balaban J connectivity index is 1.62. The van der Waals surface area contributed by atoms with Gasteiger partial charge < -0.3 is 9.47 Å². The lowest BCUT2D eigenvalue weighted by Gasteiger charge is -2.10. The van der Waals surface area contributed by atoms with Gasteiger partial charge in [-0.1, -0.05) is 12.2 Å². The molecule has 2 aliphatic rings. The fourth-order valence-electron chi connectivity index (χ4n) is 3.13. The predicted octanol–water partition coefficient (Wildman–Crippen LogP) is 3.33. The summed E-state index contributed by atoms with van der Waals surface area (Å²) < 4.78 is 10.4. The van der Waals surface area contributed by atoms with Crippen molar-refractivity contribution >= 4 is 0 Å². The van der Waals surface area contributed by atoms with E-state index in [1.807, 2.05) is 6.92 Å². The maximum atomic E-state index is 5.37. The van der Waals surface area contributed by atoms with E-state index in [1.165, 1.54) is 31.9 Å². The van der Waals surface area contributed by atoms with Crippen molar-refractivity contribution in [2.45, 2.75) is 32.1 Å². The fourth-order valence-corrected chi connectivity index (χ4v) is 3.13. The molecule has 6 nitrogen and oxygen atoms in total. The molecule has 0 aliphatic heterocycles. The Morgan fingerprint density at radius 1 is 1.12 bits per heavy atom. The van der Waals surface area contributed by atoms with Gasteiger partial charge in [-0.2, -0.15) is 10.1 Å². The molecule has 6 heteroatoms. The van der Waals surface area contributed by atoms with Crippen molar-refractivity contribution in [3.63, 3.8) is 0 Å². The summed E-state index contributed by atoms with van der Waals surface area (Å²) in [6.45, 7) is 2.02. The van der Waals surface area contributed by atoms with E-state index < -0.39 is 0 Å². The second-order valence-electron chi connectivity index (χ2n) is 6.78. The summed E-state index contributed by atoms with van der Waals surface area (Å²) in [5, 5.41) is 8.68. The standard InChI is InChI=1S/C19H22N4O2/c1-11-14(15-8-13(15)7-6-12-4-5-12)9-17(23-22-11)16-10-20-19(25-3)21-18(16)24-2/h6-7,9-10,12-13,15H,4-5,8H2,1-3H3/b7-6+/t13-,15?/m0/s1. The van der Waals surface area contributed by atoms with E-state index in [4.69, 9.17) is 9.47 Å². The van der Waals surface area contributed by atoms with Crippen LogP contribution < -0.4 is 9.47 Å². The number of aryl methyl sites for hydroxylation is 1. The molecule has 4 rings (SSSR count). The van der Waals surface area contributed by atoms with Crippen LogP contribution in [0.1, 0.15) is 36.4 Å². The average Bonchev–Trinajstić information content (AvgIpc) is 3.54. The van der Waals surface area contributed by atoms with E-state index >= 15 is 0 Å². The lowest BCUT2D eigenvalue weighted by atomic mass is 10.1. The summed E-state index contributed by atoms with van der Waals surface area (Å²) in [7, 11) is 3.11. The monoisotopic (exact) mass is 338 g/mol. The van der Waals surface area contributed by atoms with Crippen molar-refractivity contribution in [1.29, 1.82) is 0 Å². The number of nitrogens with zero attached hydrogens (tertiary/aromatic N) is 4. The van der Waals surface area contributed by atoms with Gasteiger partial charge in [0, 0.05) is 6.20 Å². The van der Waals surface area contributed by atoms with Crippen molar-refractivity contribution in [2.75, 3.05) is 14.2 Å². The number of hydrogen-bond acceptors (Lipinski definition) is 6. The fraction of sp³-hybridized carbons (Fsp3) is 0.474. The zero-order chi connectivity index (χ0) is 17.4. The third-order valence-corrected chi connectivity index (χ3v) is 4.89. The van der Waals surface area contributed by atoms with Crippen LogP contribution in [0.4, 0.5) is 0 Å². The van der Waals surface area contributed by atoms with Crippen LogP contribution in [0, 0.1) is 18.8 Å². The molecule has 1 unspecified atom stereocenters. The third-order valence-electron chi connectivity index (χ3n) is 4.89. The van der Waals surface area contributed by atoms with Crippen LogP contribution in [0.15, 0.2) is 24.4 Å². The van der Waals surface area contributed by atoms with Crippen LogP contribution in [0.5, 0.6) is 11.9 Å². The van der Waals surface area contributed by atoms with E-state index in [9.17, 15) is 0 Å². The molecule has 0 aromatic carbocycles. The lowest BCUT2D eigenvalue weighted by Crippen LogP contribution is -2.01. The molecule has 0 N–H and O–H groups in total. The minimum absolute atomic E-state index is 0.272. The maximum Gasteiger partial charge on any atom is 0.319 e. The number of allylic oxidation sites excluding steroid dienone is 2. The highest BCUT2D eigenvalue weighted by molar-refractivity contribution is 5.65. The summed E-state index contributed by atoms with van der Waals surface area (Å²) >= 11 is 0. The highest BCUT2D eigenvalue weighted by Gasteiger charge is 2.38. The summed E-state index contributed by atoms with van der Waals surface area (Å²) in [6, 6.07) is 2.37. The van der Waals surface area contributed by atoms with Crippen LogP contribution in [0.25, 0.3) is 11.3 Å². The molecule has 0 amide bonds. The van der Waals surface area contributed by atoms with Crippen molar-refractivity contribution in [1.82, 2.24) is 20.2 Å². The molecule has 0 bridgehead atoms. The predicted molar refractivity (Wildman–Crippen MR) is 93.6 cm³/mol. The molecule has 2 aliphatic carbocycles. The topological polar surface area (TPSA) is 70.0 Å². The van der Waals surface area contributed by atoms with Crippen LogP contribution in [0.2, 0.25) is 0 Å². The SMILES string of the molecule is COc1ncc(-c2cc(C3C[C@@H]3/C=C/C3CC3)c(C)nn2)c(OC)n1. The Morgan fingerprint density at radius 3 is 2.68 bits per heavy atom. The number of aromatic nitrogens is 4. The molecular weight excluding hydrogens is 316 g/mol. The van der Waals surface area contributed by atoms with Crippen LogP contribution in [-0.4, -0.2) is 34.4 Å². The molecule has 0 saturated heterocycles. The second-order valence-corrected chi connectivity index (χ2v) is 6.78. The molecule has 2 aromatic rings. The number of ether oxygens (including phenoxy) is 2. The highest BCUT2D eigenvalue weighted by atomic mass is 16.5. The van der Waals surface area contributed by atoms with Gasteiger partial charge >= 0.3 is 6.01 Å². The first kappa shape index (κ1) is 16.0. The van der Waals surface area contributed by atoms with Crippen molar-refractivity contribution in [3.05, 3.63) is 35.7 Å². The largest absolute Gasteiger partial charge is 0.480 e. The maximum absolute atomic E-state index is 5.37. The summed E-state index contributed by atoms with van der Waals surface area (Å²) in [5.74, 6) is 2.44. The Morgan fingerprint density at radius 2 is 1.96 bits per heavy atom. The molecule has 130 valence electrons. The molecule has 2 aromatic heterocycles. The first-order valence-corrected chi connectivity index (χ1v) is 8.67. The molecular formula is C19H22N4O2. The van der Waals surface area contributed by atoms with Gasteiger partial charge in [-0.15, -0.1) is 5.10 Å². The van der Waals surface area contributed by atoms with E-state index in [0.717, 1.165) is 22.9 Å². The van der Waals surface area contributed by atoms with Gasteiger partial charge in [-0.05, 0) is 55.6 Å². The van der Waals surface area contributed by atoms with Crippen molar-refractivity contribution in [3.8, 4) is 23.1 Å². The van der Waals surface area contributed by atoms with Gasteiger partial charge in [-0.3, -0.25) is 0 Å². The first-order chi connectivity index (χ1) is 12.2. The zero-order valence-corrected chi connectivity index (χ0v) is 14.8. The Kier molecular flexibility index (Phi) is 4.11. The first-order valence-electron chi connectivity index (χ1n) is 8.67. The highest BCUT2D eigenvalue weighted by Crippen LogP contribution is 2.50. The van der Waals surface area contributed by atoms with Gasteiger partial charge in [0.15, 0.2) is 0 Å². The van der Waals surface area contributed by atoms with Crippen LogP contribution in [-0.2, 0) is 0 Å². The molecule has 2 saturated carbocycles. The lowest BCUT2D eigenvalue weighted by molar-refractivity contribution is 0.353. The normalized spacial score (nSPS) is 22.2. The summed E-state index contributed by atoms with van der Waals surface area (Å²) in [6.07, 6.45) is 10.3.